The summed E-state index contributed by atoms with van der Waals surface area (Å²) in [6.45, 7) is 0. The first-order valence-electron chi connectivity index (χ1n) is 5.77. The average Bonchev–Trinajstić information content (AvgIpc) is 2.41. The molecular formula is C14H7Br2F4NO. The number of halogens is 6. The Bertz CT molecular complexity index is 744. The maximum absolute atomic E-state index is 13.6. The molecule has 0 atom stereocenters. The number of benzene rings is 2. The summed E-state index contributed by atoms with van der Waals surface area (Å²) < 4.78 is 52.4. The number of hydrogen-bond acceptors (Lipinski definition) is 2. The number of phenols is 1. The van der Waals surface area contributed by atoms with Crippen molar-refractivity contribution in [3.8, 4) is 5.75 Å². The van der Waals surface area contributed by atoms with E-state index in [9.17, 15) is 22.7 Å². The molecule has 0 aliphatic carbocycles. The first kappa shape index (κ1) is 17.0. The van der Waals surface area contributed by atoms with Gasteiger partial charge in [-0.25, -0.2) is 4.39 Å². The smallest absolute Gasteiger partial charge is 0.416 e. The minimum absolute atomic E-state index is 0.153. The van der Waals surface area contributed by atoms with Crippen LogP contribution < -0.4 is 0 Å². The Kier molecular flexibility index (Phi) is 4.91. The molecule has 8 heteroatoms. The Labute approximate surface area is 139 Å². The summed E-state index contributed by atoms with van der Waals surface area (Å²) in [5.74, 6) is -1.04. The minimum Gasteiger partial charge on any atom is -0.506 e. The van der Waals surface area contributed by atoms with Gasteiger partial charge in [0.25, 0.3) is 0 Å². The zero-order chi connectivity index (χ0) is 16.5. The van der Waals surface area contributed by atoms with Crippen LogP contribution in [0, 0.1) is 5.82 Å². The van der Waals surface area contributed by atoms with Crippen LogP contribution in [-0.2, 0) is 6.18 Å². The van der Waals surface area contributed by atoms with E-state index in [4.69, 9.17) is 0 Å². The Morgan fingerprint density at radius 2 is 1.77 bits per heavy atom. The maximum Gasteiger partial charge on any atom is 0.416 e. The number of aliphatic imine (C=N–C) groups is 1. The zero-order valence-corrected chi connectivity index (χ0v) is 13.8. The van der Waals surface area contributed by atoms with Gasteiger partial charge in [0, 0.05) is 16.3 Å². The van der Waals surface area contributed by atoms with Crippen LogP contribution in [0.15, 0.2) is 44.3 Å². The Morgan fingerprint density at radius 1 is 1.09 bits per heavy atom. The van der Waals surface area contributed by atoms with Gasteiger partial charge in [-0.2, -0.15) is 13.2 Å². The number of phenolic OH excluding ortho intramolecular Hbond substituents is 1. The number of rotatable bonds is 2. The molecule has 0 aliphatic heterocycles. The first-order valence-corrected chi connectivity index (χ1v) is 7.36. The lowest BCUT2D eigenvalue weighted by Crippen LogP contribution is -2.04. The largest absolute Gasteiger partial charge is 0.506 e. The summed E-state index contributed by atoms with van der Waals surface area (Å²) in [5.41, 5.74) is -1.25. The maximum atomic E-state index is 13.6. The quantitative estimate of drug-likeness (QED) is 0.462. The topological polar surface area (TPSA) is 32.6 Å². The predicted molar refractivity (Wildman–Crippen MR) is 82.2 cm³/mol. The molecule has 2 nitrogen and oxygen atoms in total. The standard InChI is InChI=1S/C14H7Br2F4NO/c15-9-3-7(13(22)10(16)5-9)6-21-12-4-8(14(18,19)20)1-2-11(12)17/h1-6,22H. The van der Waals surface area contributed by atoms with Crippen molar-refractivity contribution in [1.29, 1.82) is 0 Å². The third kappa shape index (κ3) is 3.86. The molecule has 0 aliphatic rings. The van der Waals surface area contributed by atoms with E-state index in [0.29, 0.717) is 27.1 Å². The molecule has 0 bridgehead atoms. The van der Waals surface area contributed by atoms with Crippen molar-refractivity contribution in [1.82, 2.24) is 0 Å². The average molecular weight is 441 g/mol. The lowest BCUT2D eigenvalue weighted by molar-refractivity contribution is -0.137. The molecule has 0 saturated carbocycles. The van der Waals surface area contributed by atoms with E-state index < -0.39 is 23.2 Å². The van der Waals surface area contributed by atoms with Crippen LogP contribution in [0.5, 0.6) is 5.75 Å². The summed E-state index contributed by atoms with van der Waals surface area (Å²) in [5, 5.41) is 9.82. The van der Waals surface area contributed by atoms with Gasteiger partial charge in [-0.1, -0.05) is 15.9 Å². The van der Waals surface area contributed by atoms with Crippen molar-refractivity contribution >= 4 is 43.8 Å². The van der Waals surface area contributed by atoms with Gasteiger partial charge in [0.15, 0.2) is 0 Å². The Hall–Kier alpha value is -1.41. The highest BCUT2D eigenvalue weighted by Gasteiger charge is 2.31. The van der Waals surface area contributed by atoms with Crippen LogP contribution in [0.3, 0.4) is 0 Å². The molecule has 22 heavy (non-hydrogen) atoms. The number of alkyl halides is 3. The summed E-state index contributed by atoms with van der Waals surface area (Å²) in [6, 6.07) is 5.02. The molecule has 2 rings (SSSR count). The predicted octanol–water partition coefficient (Wildman–Crippen LogP) is 5.83. The lowest BCUT2D eigenvalue weighted by atomic mass is 10.2. The van der Waals surface area contributed by atoms with E-state index in [2.05, 4.69) is 36.9 Å². The SMILES string of the molecule is Oc1c(Br)cc(Br)cc1C=Nc1cc(C(F)(F)F)ccc1F. The second kappa shape index (κ2) is 6.37. The zero-order valence-electron chi connectivity index (χ0n) is 10.6. The van der Waals surface area contributed by atoms with E-state index in [0.717, 1.165) is 6.21 Å². The normalized spacial score (nSPS) is 12.1. The summed E-state index contributed by atoms with van der Waals surface area (Å²) in [7, 11) is 0. The van der Waals surface area contributed by atoms with Gasteiger partial charge in [0.2, 0.25) is 0 Å². The molecule has 0 radical (unpaired) electrons. The van der Waals surface area contributed by atoms with Crippen LogP contribution in [-0.4, -0.2) is 11.3 Å². The van der Waals surface area contributed by atoms with E-state index in [1.165, 1.54) is 6.07 Å². The fraction of sp³-hybridized carbons (Fsp3) is 0.0714. The molecule has 0 amide bonds. The highest BCUT2D eigenvalue weighted by molar-refractivity contribution is 9.11. The van der Waals surface area contributed by atoms with E-state index in [1.54, 1.807) is 6.07 Å². The lowest BCUT2D eigenvalue weighted by Gasteiger charge is -2.07. The first-order chi connectivity index (χ1) is 10.2. The monoisotopic (exact) mass is 439 g/mol. The molecule has 0 saturated heterocycles. The fourth-order valence-corrected chi connectivity index (χ4v) is 2.87. The highest BCUT2D eigenvalue weighted by atomic mass is 79.9. The van der Waals surface area contributed by atoms with Gasteiger partial charge in [-0.05, 0) is 46.3 Å². The molecule has 0 heterocycles. The van der Waals surface area contributed by atoms with Gasteiger partial charge >= 0.3 is 6.18 Å². The Morgan fingerprint density at radius 3 is 2.41 bits per heavy atom. The van der Waals surface area contributed by atoms with Crippen LogP contribution in [0.4, 0.5) is 23.2 Å². The van der Waals surface area contributed by atoms with Crippen molar-refractivity contribution < 1.29 is 22.7 Å². The summed E-state index contributed by atoms with van der Waals surface area (Å²) >= 11 is 6.31. The second-order valence-corrected chi connectivity index (χ2v) is 6.02. The van der Waals surface area contributed by atoms with Crippen LogP contribution >= 0.6 is 31.9 Å². The van der Waals surface area contributed by atoms with Crippen LogP contribution in [0.25, 0.3) is 0 Å². The third-order valence-corrected chi connectivity index (χ3v) is 3.74. The van der Waals surface area contributed by atoms with Crippen molar-refractivity contribution in [2.24, 2.45) is 4.99 Å². The molecular weight excluding hydrogens is 434 g/mol. The van der Waals surface area contributed by atoms with Crippen molar-refractivity contribution in [2.45, 2.75) is 6.18 Å². The van der Waals surface area contributed by atoms with Gasteiger partial charge < -0.3 is 5.11 Å². The fourth-order valence-electron chi connectivity index (χ4n) is 1.61. The summed E-state index contributed by atoms with van der Waals surface area (Å²) in [6.07, 6.45) is -3.50. The number of nitrogens with zero attached hydrogens (tertiary/aromatic N) is 1. The molecule has 0 fully saturated rings. The molecule has 0 spiro atoms. The molecule has 2 aromatic carbocycles. The van der Waals surface area contributed by atoms with Gasteiger partial charge in [0.1, 0.15) is 11.6 Å². The summed E-state index contributed by atoms with van der Waals surface area (Å²) in [4.78, 5) is 3.69. The van der Waals surface area contributed by atoms with Crippen molar-refractivity contribution in [2.75, 3.05) is 0 Å². The van der Waals surface area contributed by atoms with Gasteiger partial charge in [-0.3, -0.25) is 4.99 Å². The van der Waals surface area contributed by atoms with Crippen LogP contribution in [0.2, 0.25) is 0 Å². The molecule has 2 aromatic rings. The van der Waals surface area contributed by atoms with Gasteiger partial charge in [-0.15, -0.1) is 0 Å². The molecule has 0 aromatic heterocycles. The second-order valence-electron chi connectivity index (χ2n) is 4.25. The minimum atomic E-state index is -4.58. The van der Waals surface area contributed by atoms with E-state index >= 15 is 0 Å². The van der Waals surface area contributed by atoms with E-state index in [-0.39, 0.29) is 11.3 Å². The number of aromatic hydroxyl groups is 1. The molecule has 1 N–H and O–H groups in total. The van der Waals surface area contributed by atoms with Gasteiger partial charge in [0.05, 0.1) is 15.7 Å². The van der Waals surface area contributed by atoms with Crippen molar-refractivity contribution in [3.63, 3.8) is 0 Å². The number of hydrogen-bond donors (Lipinski definition) is 1. The molecule has 0 unspecified atom stereocenters. The third-order valence-electron chi connectivity index (χ3n) is 2.67. The Balaban J connectivity index is 2.43. The van der Waals surface area contributed by atoms with Crippen LogP contribution in [0.1, 0.15) is 11.1 Å². The van der Waals surface area contributed by atoms with Crippen molar-refractivity contribution in [3.05, 3.63) is 56.2 Å². The molecule has 116 valence electrons. The highest BCUT2D eigenvalue weighted by Crippen LogP contribution is 2.34. The van der Waals surface area contributed by atoms with E-state index in [1.807, 2.05) is 0 Å².